The minimum atomic E-state index is -1.13. The van der Waals surface area contributed by atoms with E-state index < -0.39 is 5.41 Å². The van der Waals surface area contributed by atoms with Crippen LogP contribution in [0.15, 0.2) is 253 Å². The number of para-hydroxylation sites is 8. The Morgan fingerprint density at radius 2 is 0.867 bits per heavy atom. The molecule has 0 saturated heterocycles. The van der Waals surface area contributed by atoms with Gasteiger partial charge in [-0.25, -0.2) is 4.85 Å². The summed E-state index contributed by atoms with van der Waals surface area (Å²) in [4.78, 5) is 19.7. The largest absolute Gasteiger partial charge is 0.452 e. The highest BCUT2D eigenvalue weighted by atomic mass is 32.2. The third-order valence-corrected chi connectivity index (χ3v) is 18.5. The summed E-state index contributed by atoms with van der Waals surface area (Å²) in [5, 5.41) is 16.5. The highest BCUT2D eigenvalue weighted by molar-refractivity contribution is 7.99. The van der Waals surface area contributed by atoms with Crippen LogP contribution in [-0.4, -0.2) is 23.7 Å². The molecule has 18 rings (SSSR count). The van der Waals surface area contributed by atoms with Gasteiger partial charge >= 0.3 is 0 Å². The number of ether oxygens (including phenoxy) is 1. The highest BCUT2D eigenvalue weighted by Gasteiger charge is 2.54. The maximum atomic E-state index is 10.2. The number of anilines is 3. The summed E-state index contributed by atoms with van der Waals surface area (Å²) in [7, 11) is 0. The third kappa shape index (κ3) is 6.09. The second-order valence-electron chi connectivity index (χ2n) is 21.4. The third-order valence-electron chi connectivity index (χ3n) is 17.4. The van der Waals surface area contributed by atoms with Crippen LogP contribution in [-0.2, 0) is 5.41 Å². The van der Waals surface area contributed by atoms with E-state index in [1.807, 2.05) is 36.7 Å². The first-order chi connectivity index (χ1) is 41.1. The van der Waals surface area contributed by atoms with Crippen molar-refractivity contribution in [2.45, 2.75) is 15.2 Å². The molecule has 0 bridgehead atoms. The Morgan fingerprint density at radius 3 is 1.42 bits per heavy atom. The van der Waals surface area contributed by atoms with Crippen molar-refractivity contribution < 1.29 is 4.74 Å². The van der Waals surface area contributed by atoms with Crippen LogP contribution in [0.4, 0.5) is 22.7 Å². The highest BCUT2D eigenvalue weighted by Crippen LogP contribution is 2.66. The van der Waals surface area contributed by atoms with E-state index >= 15 is 0 Å². The molecule has 5 aromatic heterocycles. The Labute approximate surface area is 479 Å². The van der Waals surface area contributed by atoms with Crippen LogP contribution in [0.25, 0.3) is 98.7 Å². The molecule has 83 heavy (non-hydrogen) atoms. The number of nitrogens with zero attached hydrogens (tertiary/aromatic N) is 8. The topological polar surface area (TPSA) is 81.2 Å². The first-order valence-corrected chi connectivity index (χ1v) is 28.4. The SMILES string of the molecule is [C-]#[N+]c1ccc2c(c1)c1ccccc1n2-c1cnc2c(c1)C1(c3cc(-n4c5ccccc5c5cc(C#N)ccc54)cnc3-2)c2cccc(N3c4ccccc4Sc4ccccc43)c2Oc2c(-n3c4ccccc4c4ccccc43)cccc21. The number of aromatic nitrogens is 5. The predicted molar refractivity (Wildman–Crippen MR) is 332 cm³/mol. The zero-order valence-corrected chi connectivity index (χ0v) is 44.8. The van der Waals surface area contributed by atoms with Crippen LogP contribution in [0.1, 0.15) is 27.8 Å². The molecule has 2 aliphatic heterocycles. The van der Waals surface area contributed by atoms with Gasteiger partial charge in [-0.15, -0.1) is 0 Å². The fourth-order valence-electron chi connectivity index (χ4n) is 14.1. The molecular formula is C73H40N8OS. The molecular weight excluding hydrogens is 1040 g/mol. The number of hydrogen-bond acceptors (Lipinski definition) is 6. The standard InChI is InChI=1S/C73H40N8OS/c1-75-44-33-35-62-52(37-44)50-19-5-7-23-58(50)79(62)46-39-56-70(77-42-46)69-55(38-45(41-76-69)78-57-22-6-4-18-49(57)51-36-43(40-74)32-34-61(51)78)73(56)53-20-14-28-65(80-59-24-8-2-16-47(59)48-17-3-9-25-60(48)80)71(53)82-72-54(73)21-15-29-66(72)81-63-26-10-12-30-67(63)83-68-31-13-11-27-64(68)81/h2-39,41-42H. The summed E-state index contributed by atoms with van der Waals surface area (Å²) in [6.07, 6.45) is 3.96. The van der Waals surface area contributed by atoms with Crippen LogP contribution in [0, 0.1) is 17.9 Å². The van der Waals surface area contributed by atoms with Gasteiger partial charge in [0.2, 0.25) is 0 Å². The van der Waals surface area contributed by atoms with Crippen LogP contribution in [0.5, 0.6) is 11.5 Å². The number of rotatable bonds is 4. The number of pyridine rings is 2. The predicted octanol–water partition coefficient (Wildman–Crippen LogP) is 18.6. The Hall–Kier alpha value is -11.2. The summed E-state index contributed by atoms with van der Waals surface area (Å²) in [5.74, 6) is 1.43. The van der Waals surface area contributed by atoms with Gasteiger partial charge in [0.1, 0.15) is 0 Å². The lowest BCUT2D eigenvalue weighted by atomic mass is 9.66. The zero-order chi connectivity index (χ0) is 54.7. The molecule has 1 spiro atoms. The van der Waals surface area contributed by atoms with Crippen LogP contribution in [0.3, 0.4) is 0 Å². The monoisotopic (exact) mass is 1080 g/mol. The van der Waals surface area contributed by atoms with E-state index in [0.29, 0.717) is 22.7 Å². The Bertz CT molecular complexity index is 5200. The molecule has 10 aromatic carbocycles. The van der Waals surface area contributed by atoms with Gasteiger partial charge in [-0.05, 0) is 109 Å². The lowest BCUT2D eigenvalue weighted by Gasteiger charge is -2.42. The lowest BCUT2D eigenvalue weighted by molar-refractivity contribution is 0.435. The first-order valence-electron chi connectivity index (χ1n) is 27.5. The second kappa shape index (κ2) is 16.9. The molecule has 0 radical (unpaired) electrons. The average Bonchev–Trinajstić information content (AvgIpc) is 2.77. The van der Waals surface area contributed by atoms with E-state index in [0.717, 1.165) is 143 Å². The summed E-state index contributed by atoms with van der Waals surface area (Å²) >= 11 is 1.78. The Morgan fingerprint density at radius 1 is 0.422 bits per heavy atom. The van der Waals surface area contributed by atoms with Crippen molar-refractivity contribution in [3.05, 3.63) is 282 Å². The summed E-state index contributed by atoms with van der Waals surface area (Å²) in [6.45, 7) is 8.00. The van der Waals surface area contributed by atoms with Gasteiger partial charge in [0, 0.05) is 59.0 Å². The smallest absolute Gasteiger partial charge is 0.188 e. The molecule has 3 aliphatic rings. The minimum absolute atomic E-state index is 0.584. The normalized spacial score (nSPS) is 14.6. The van der Waals surface area contributed by atoms with Crippen molar-refractivity contribution in [1.82, 2.24) is 23.7 Å². The number of benzene rings is 10. The lowest BCUT2D eigenvalue weighted by Crippen LogP contribution is -2.33. The molecule has 15 aromatic rings. The molecule has 9 nitrogen and oxygen atoms in total. The van der Waals surface area contributed by atoms with Gasteiger partial charge in [0.25, 0.3) is 0 Å². The van der Waals surface area contributed by atoms with Crippen molar-refractivity contribution >= 4 is 99.9 Å². The molecule has 1 aliphatic carbocycles. The molecule has 0 N–H and O–H groups in total. The zero-order valence-electron chi connectivity index (χ0n) is 44.0. The molecule has 1 atom stereocenters. The van der Waals surface area contributed by atoms with Crippen molar-refractivity contribution in [3.8, 4) is 46.0 Å². The molecule has 0 amide bonds. The van der Waals surface area contributed by atoms with E-state index in [-0.39, 0.29) is 0 Å². The minimum Gasteiger partial charge on any atom is -0.452 e. The van der Waals surface area contributed by atoms with Crippen molar-refractivity contribution in [2.75, 3.05) is 4.90 Å². The first kappa shape index (κ1) is 45.7. The van der Waals surface area contributed by atoms with Gasteiger partial charge in [-0.3, -0.25) is 9.97 Å². The van der Waals surface area contributed by atoms with Gasteiger partial charge < -0.3 is 23.3 Å². The number of fused-ring (bicyclic) bond motifs is 20. The van der Waals surface area contributed by atoms with E-state index in [2.05, 4.69) is 236 Å². The fourth-order valence-corrected chi connectivity index (χ4v) is 15.1. The maximum absolute atomic E-state index is 10.2. The van der Waals surface area contributed by atoms with E-state index in [1.165, 1.54) is 0 Å². The molecule has 0 saturated carbocycles. The maximum Gasteiger partial charge on any atom is 0.188 e. The summed E-state index contributed by atoms with van der Waals surface area (Å²) in [5.41, 5.74) is 17.1. The fraction of sp³-hybridized carbons (Fsp3) is 0.0137. The molecule has 0 fully saturated rings. The summed E-state index contributed by atoms with van der Waals surface area (Å²) < 4.78 is 14.9. The van der Waals surface area contributed by atoms with Gasteiger partial charge in [0.05, 0.1) is 115 Å². The quantitative estimate of drug-likeness (QED) is 0.163. The second-order valence-corrected chi connectivity index (χ2v) is 22.5. The van der Waals surface area contributed by atoms with Crippen molar-refractivity contribution in [3.63, 3.8) is 0 Å². The Kier molecular flexibility index (Phi) is 9.32. The average molecular weight is 1080 g/mol. The number of nitriles is 1. The van der Waals surface area contributed by atoms with Crippen molar-refractivity contribution in [1.29, 1.82) is 5.26 Å². The number of hydrogen-bond donors (Lipinski definition) is 0. The van der Waals surface area contributed by atoms with Crippen LogP contribution in [0.2, 0.25) is 0 Å². The van der Waals surface area contributed by atoms with Gasteiger partial charge in [-0.1, -0.05) is 139 Å². The van der Waals surface area contributed by atoms with Gasteiger partial charge in [0.15, 0.2) is 17.2 Å². The van der Waals surface area contributed by atoms with E-state index in [9.17, 15) is 5.26 Å². The van der Waals surface area contributed by atoms with E-state index in [4.69, 9.17) is 21.3 Å². The van der Waals surface area contributed by atoms with Gasteiger partial charge in [-0.2, -0.15) is 5.26 Å². The molecule has 7 heterocycles. The molecule has 10 heteroatoms. The molecule has 1 unspecified atom stereocenters. The van der Waals surface area contributed by atoms with Crippen LogP contribution >= 0.6 is 11.8 Å². The van der Waals surface area contributed by atoms with Crippen molar-refractivity contribution in [2.24, 2.45) is 0 Å². The summed E-state index contributed by atoms with van der Waals surface area (Å²) in [6, 6.07) is 83.6. The Balaban J connectivity index is 1.01. The molecule has 384 valence electrons. The van der Waals surface area contributed by atoms with E-state index in [1.54, 1.807) is 11.8 Å². The van der Waals surface area contributed by atoms with Crippen LogP contribution < -0.4 is 9.64 Å².